The Morgan fingerprint density at radius 1 is 1.27 bits per heavy atom. The number of nitrogens with one attached hydrogen (secondary N) is 1. The molecule has 0 bridgehead atoms. The van der Waals surface area contributed by atoms with Gasteiger partial charge in [0.1, 0.15) is 0 Å². The average molecular weight is 303 g/mol. The fraction of sp³-hybridized carbons (Fsp3) is 0.611. The Kier molecular flexibility index (Phi) is 6.40. The number of carbonyl (C=O) groups is 1. The lowest BCUT2D eigenvalue weighted by atomic mass is 9.94. The third kappa shape index (κ3) is 4.82. The molecule has 22 heavy (non-hydrogen) atoms. The van der Waals surface area contributed by atoms with Crippen LogP contribution in [0.15, 0.2) is 24.3 Å². The zero-order valence-corrected chi connectivity index (χ0v) is 13.8. The fourth-order valence-corrected chi connectivity index (χ4v) is 3.15. The van der Waals surface area contributed by atoms with Gasteiger partial charge in [-0.25, -0.2) is 0 Å². The van der Waals surface area contributed by atoms with E-state index in [0.717, 1.165) is 6.54 Å². The third-order valence-electron chi connectivity index (χ3n) is 4.60. The highest BCUT2D eigenvalue weighted by Gasteiger charge is 2.18. The minimum atomic E-state index is -0.461. The first kappa shape index (κ1) is 17.0. The number of hydrogen-bond donors (Lipinski definition) is 2. The summed E-state index contributed by atoms with van der Waals surface area (Å²) in [5.74, 6) is -0.101. The van der Waals surface area contributed by atoms with Gasteiger partial charge in [0, 0.05) is 19.1 Å². The Morgan fingerprint density at radius 2 is 1.91 bits per heavy atom. The van der Waals surface area contributed by atoms with Gasteiger partial charge in [0.25, 0.3) is 0 Å². The molecule has 4 nitrogen and oxygen atoms in total. The van der Waals surface area contributed by atoms with Gasteiger partial charge in [-0.1, -0.05) is 43.5 Å². The minimum Gasteiger partial charge on any atom is -0.351 e. The molecule has 3 N–H and O–H groups in total. The van der Waals surface area contributed by atoms with E-state index in [1.54, 1.807) is 6.92 Å². The molecule has 0 heterocycles. The van der Waals surface area contributed by atoms with Crippen molar-refractivity contribution in [3.8, 4) is 0 Å². The van der Waals surface area contributed by atoms with Crippen LogP contribution in [0.4, 0.5) is 0 Å². The van der Waals surface area contributed by atoms with Crippen LogP contribution in [0.2, 0.25) is 0 Å². The summed E-state index contributed by atoms with van der Waals surface area (Å²) in [6, 6.07) is 8.58. The van der Waals surface area contributed by atoms with Crippen molar-refractivity contribution in [3.05, 3.63) is 35.4 Å². The van der Waals surface area contributed by atoms with E-state index in [4.69, 9.17) is 5.73 Å². The quantitative estimate of drug-likeness (QED) is 0.848. The number of carbonyl (C=O) groups excluding carboxylic acids is 1. The molecule has 2 rings (SSSR count). The smallest absolute Gasteiger partial charge is 0.236 e. The average Bonchev–Trinajstić information content (AvgIpc) is 2.54. The van der Waals surface area contributed by atoms with Gasteiger partial charge in [-0.15, -0.1) is 0 Å². The third-order valence-corrected chi connectivity index (χ3v) is 4.60. The van der Waals surface area contributed by atoms with Crippen molar-refractivity contribution in [1.29, 1.82) is 0 Å². The molecule has 0 radical (unpaired) electrons. The Hall–Kier alpha value is -1.39. The number of amides is 1. The Morgan fingerprint density at radius 3 is 2.55 bits per heavy atom. The number of rotatable bonds is 6. The number of benzene rings is 1. The molecule has 122 valence electrons. The van der Waals surface area contributed by atoms with Crippen LogP contribution >= 0.6 is 0 Å². The molecule has 1 aliphatic carbocycles. The maximum absolute atomic E-state index is 11.7. The maximum atomic E-state index is 11.7. The lowest BCUT2D eigenvalue weighted by Crippen LogP contribution is -2.38. The second kappa shape index (κ2) is 8.30. The summed E-state index contributed by atoms with van der Waals surface area (Å²) in [5.41, 5.74) is 8.07. The first-order valence-corrected chi connectivity index (χ1v) is 8.38. The molecule has 4 heteroatoms. The molecule has 1 amide bonds. The highest BCUT2D eigenvalue weighted by Crippen LogP contribution is 2.23. The second-order valence-corrected chi connectivity index (χ2v) is 6.48. The molecule has 0 spiro atoms. The van der Waals surface area contributed by atoms with Gasteiger partial charge >= 0.3 is 0 Å². The van der Waals surface area contributed by atoms with Crippen molar-refractivity contribution in [1.82, 2.24) is 10.2 Å². The van der Waals surface area contributed by atoms with Crippen LogP contribution in [0.5, 0.6) is 0 Å². The van der Waals surface area contributed by atoms with Gasteiger partial charge in [-0.3, -0.25) is 9.69 Å². The number of nitrogens with two attached hydrogens (primary N) is 1. The van der Waals surface area contributed by atoms with E-state index in [-0.39, 0.29) is 5.91 Å². The predicted octanol–water partition coefficient (Wildman–Crippen LogP) is 2.41. The molecule has 1 aliphatic rings. The van der Waals surface area contributed by atoms with Gasteiger partial charge in [-0.2, -0.15) is 0 Å². The first-order chi connectivity index (χ1) is 10.6. The molecule has 0 aromatic heterocycles. The zero-order valence-electron chi connectivity index (χ0n) is 13.8. The number of nitrogens with zero attached hydrogens (tertiary/aromatic N) is 1. The SMILES string of the molecule is CC(N)C(=O)NCc1ccccc1CN(C)C1CCCCC1. The van der Waals surface area contributed by atoms with E-state index < -0.39 is 6.04 Å². The summed E-state index contributed by atoms with van der Waals surface area (Å²) in [5, 5.41) is 2.91. The summed E-state index contributed by atoms with van der Waals surface area (Å²) in [6.45, 7) is 3.20. The van der Waals surface area contributed by atoms with E-state index in [9.17, 15) is 4.79 Å². The molecule has 1 atom stereocenters. The molecule has 0 aliphatic heterocycles. The molecular weight excluding hydrogens is 274 g/mol. The Labute approximate surface area is 134 Å². The van der Waals surface area contributed by atoms with Gasteiger partial charge < -0.3 is 11.1 Å². The van der Waals surface area contributed by atoms with Crippen molar-refractivity contribution in [2.45, 2.75) is 64.2 Å². The number of hydrogen-bond acceptors (Lipinski definition) is 3. The van der Waals surface area contributed by atoms with E-state index in [0.29, 0.717) is 12.6 Å². The van der Waals surface area contributed by atoms with Gasteiger partial charge in [-0.05, 0) is 37.9 Å². The molecule has 1 saturated carbocycles. The van der Waals surface area contributed by atoms with Gasteiger partial charge in [0.15, 0.2) is 0 Å². The Bertz CT molecular complexity index is 481. The van der Waals surface area contributed by atoms with Crippen LogP contribution in [0.3, 0.4) is 0 Å². The van der Waals surface area contributed by atoms with Crippen LogP contribution < -0.4 is 11.1 Å². The molecule has 1 fully saturated rings. The largest absolute Gasteiger partial charge is 0.351 e. The maximum Gasteiger partial charge on any atom is 0.236 e. The lowest BCUT2D eigenvalue weighted by molar-refractivity contribution is -0.122. The summed E-state index contributed by atoms with van der Waals surface area (Å²) in [7, 11) is 2.22. The van der Waals surface area contributed by atoms with Crippen LogP contribution in [0, 0.1) is 0 Å². The van der Waals surface area contributed by atoms with E-state index in [1.807, 2.05) is 6.07 Å². The van der Waals surface area contributed by atoms with Crippen LogP contribution in [0.25, 0.3) is 0 Å². The second-order valence-electron chi connectivity index (χ2n) is 6.48. The van der Waals surface area contributed by atoms with Gasteiger partial charge in [0.2, 0.25) is 5.91 Å². The van der Waals surface area contributed by atoms with Crippen molar-refractivity contribution in [2.75, 3.05) is 7.05 Å². The van der Waals surface area contributed by atoms with Crippen molar-refractivity contribution in [3.63, 3.8) is 0 Å². The normalized spacial score (nSPS) is 17.5. The molecule has 1 aromatic rings. The van der Waals surface area contributed by atoms with Crippen molar-refractivity contribution in [2.24, 2.45) is 5.73 Å². The van der Waals surface area contributed by atoms with Crippen molar-refractivity contribution < 1.29 is 4.79 Å². The van der Waals surface area contributed by atoms with E-state index >= 15 is 0 Å². The summed E-state index contributed by atoms with van der Waals surface area (Å²) in [6.07, 6.45) is 6.69. The summed E-state index contributed by atoms with van der Waals surface area (Å²) < 4.78 is 0. The predicted molar refractivity (Wildman–Crippen MR) is 90.3 cm³/mol. The van der Waals surface area contributed by atoms with Gasteiger partial charge in [0.05, 0.1) is 6.04 Å². The Balaban J connectivity index is 1.96. The first-order valence-electron chi connectivity index (χ1n) is 8.38. The highest BCUT2D eigenvalue weighted by molar-refractivity contribution is 5.80. The topological polar surface area (TPSA) is 58.4 Å². The molecular formula is C18H29N3O. The van der Waals surface area contributed by atoms with Crippen LogP contribution in [-0.4, -0.2) is 29.9 Å². The van der Waals surface area contributed by atoms with E-state index in [2.05, 4.69) is 35.5 Å². The van der Waals surface area contributed by atoms with Crippen LogP contribution in [-0.2, 0) is 17.9 Å². The summed E-state index contributed by atoms with van der Waals surface area (Å²) >= 11 is 0. The fourth-order valence-electron chi connectivity index (χ4n) is 3.15. The lowest BCUT2D eigenvalue weighted by Gasteiger charge is -2.31. The molecule has 1 unspecified atom stereocenters. The van der Waals surface area contributed by atoms with Crippen molar-refractivity contribution >= 4 is 5.91 Å². The van der Waals surface area contributed by atoms with E-state index in [1.165, 1.54) is 43.2 Å². The standard InChI is InChI=1S/C18H29N3O/c1-14(19)18(22)20-12-15-8-6-7-9-16(15)13-21(2)17-10-4-3-5-11-17/h6-9,14,17H,3-5,10-13,19H2,1-2H3,(H,20,22). The summed E-state index contributed by atoms with van der Waals surface area (Å²) in [4.78, 5) is 14.1. The van der Waals surface area contributed by atoms with Crippen LogP contribution in [0.1, 0.15) is 50.2 Å². The minimum absolute atomic E-state index is 0.101. The highest BCUT2D eigenvalue weighted by atomic mass is 16.2. The molecule has 0 saturated heterocycles. The zero-order chi connectivity index (χ0) is 15.9. The molecule has 1 aromatic carbocycles. The monoisotopic (exact) mass is 303 g/mol.